The summed E-state index contributed by atoms with van der Waals surface area (Å²) < 4.78 is 10.2. The first-order valence-electron chi connectivity index (χ1n) is 6.37. The molecule has 0 fully saturated rings. The van der Waals surface area contributed by atoms with Crippen molar-refractivity contribution >= 4 is 17.3 Å². The van der Waals surface area contributed by atoms with Crippen molar-refractivity contribution in [1.29, 1.82) is 0 Å². The number of ether oxygens (including phenoxy) is 2. The van der Waals surface area contributed by atoms with Gasteiger partial charge in [0.25, 0.3) is 0 Å². The van der Waals surface area contributed by atoms with Crippen LogP contribution in [0.25, 0.3) is 0 Å². The number of carbonyl (C=O) groups is 1. The summed E-state index contributed by atoms with van der Waals surface area (Å²) >= 11 is 0. The minimum Gasteiger partial charge on any atom is -0.478 e. The molecule has 0 aliphatic carbocycles. The van der Waals surface area contributed by atoms with E-state index in [1.54, 1.807) is 27.2 Å². The van der Waals surface area contributed by atoms with E-state index in [1.165, 1.54) is 0 Å². The highest BCUT2D eigenvalue weighted by Crippen LogP contribution is 2.25. The molecule has 0 amide bonds. The van der Waals surface area contributed by atoms with E-state index in [1.807, 2.05) is 11.0 Å². The third kappa shape index (κ3) is 4.11. The van der Waals surface area contributed by atoms with Crippen LogP contribution in [0.3, 0.4) is 0 Å². The second kappa shape index (κ2) is 7.72. The molecule has 0 bridgehead atoms. The van der Waals surface area contributed by atoms with Crippen LogP contribution in [-0.4, -0.2) is 51.6 Å². The van der Waals surface area contributed by atoms with Crippen molar-refractivity contribution in [3.05, 3.63) is 23.3 Å². The zero-order chi connectivity index (χ0) is 15.1. The van der Waals surface area contributed by atoms with E-state index in [4.69, 9.17) is 15.2 Å². The molecular weight excluding hydrogens is 260 g/mol. The van der Waals surface area contributed by atoms with E-state index >= 15 is 0 Å². The average Bonchev–Trinajstić information content (AvgIpc) is 2.41. The summed E-state index contributed by atoms with van der Waals surface area (Å²) in [5.41, 5.74) is 7.79. The van der Waals surface area contributed by atoms with Crippen LogP contribution >= 0.6 is 0 Å². The molecule has 1 rings (SSSR count). The smallest absolute Gasteiger partial charge is 0.337 e. The highest BCUT2D eigenvalue weighted by molar-refractivity contribution is 5.95. The van der Waals surface area contributed by atoms with Gasteiger partial charge in [0, 0.05) is 38.7 Å². The third-order valence-corrected chi connectivity index (χ3v) is 3.10. The lowest BCUT2D eigenvalue weighted by Crippen LogP contribution is -2.31. The minimum atomic E-state index is -1.02. The molecule has 6 heteroatoms. The zero-order valence-corrected chi connectivity index (χ0v) is 12.2. The van der Waals surface area contributed by atoms with Gasteiger partial charge in [-0.1, -0.05) is 0 Å². The van der Waals surface area contributed by atoms with Gasteiger partial charge in [0.15, 0.2) is 0 Å². The van der Waals surface area contributed by atoms with Crippen molar-refractivity contribution in [2.24, 2.45) is 0 Å². The van der Waals surface area contributed by atoms with Crippen LogP contribution in [0.5, 0.6) is 0 Å². The van der Waals surface area contributed by atoms with Gasteiger partial charge >= 0.3 is 5.97 Å². The number of methoxy groups -OCH3 is 2. The van der Waals surface area contributed by atoms with Crippen LogP contribution in [-0.2, 0) is 9.47 Å². The Morgan fingerprint density at radius 3 is 2.25 bits per heavy atom. The Hall–Kier alpha value is -1.79. The van der Waals surface area contributed by atoms with Gasteiger partial charge in [0.05, 0.1) is 18.8 Å². The van der Waals surface area contributed by atoms with Crippen LogP contribution in [0.1, 0.15) is 15.9 Å². The van der Waals surface area contributed by atoms with Gasteiger partial charge in [0.2, 0.25) is 0 Å². The molecule has 0 radical (unpaired) electrons. The number of hydrogen-bond donors (Lipinski definition) is 2. The monoisotopic (exact) mass is 282 g/mol. The maximum absolute atomic E-state index is 11.2. The summed E-state index contributed by atoms with van der Waals surface area (Å²) in [5.74, 6) is -1.02. The molecule has 0 atom stereocenters. The number of aromatic carboxylic acids is 1. The fourth-order valence-corrected chi connectivity index (χ4v) is 1.91. The summed E-state index contributed by atoms with van der Waals surface area (Å²) in [6, 6.07) is 3.48. The van der Waals surface area contributed by atoms with Crippen LogP contribution < -0.4 is 10.6 Å². The number of anilines is 2. The van der Waals surface area contributed by atoms with Gasteiger partial charge in [-0.3, -0.25) is 0 Å². The predicted octanol–water partition coefficient (Wildman–Crippen LogP) is 1.37. The van der Waals surface area contributed by atoms with Gasteiger partial charge in [-0.15, -0.1) is 0 Å². The SMILES string of the molecule is COCCN(CCOC)c1cc(C)c(N)c(C(=O)O)c1. The Bertz CT molecular complexity index is 455. The van der Waals surface area contributed by atoms with Crippen LogP contribution in [0.15, 0.2) is 12.1 Å². The van der Waals surface area contributed by atoms with E-state index in [-0.39, 0.29) is 5.56 Å². The van der Waals surface area contributed by atoms with Crippen molar-refractivity contribution in [2.45, 2.75) is 6.92 Å². The fourth-order valence-electron chi connectivity index (χ4n) is 1.91. The molecule has 0 spiro atoms. The molecule has 0 aromatic heterocycles. The molecule has 0 unspecified atom stereocenters. The lowest BCUT2D eigenvalue weighted by molar-refractivity contribution is 0.0698. The van der Waals surface area contributed by atoms with Crippen molar-refractivity contribution < 1.29 is 19.4 Å². The van der Waals surface area contributed by atoms with Crippen LogP contribution in [0.2, 0.25) is 0 Å². The largest absolute Gasteiger partial charge is 0.478 e. The number of nitrogen functional groups attached to an aromatic ring is 1. The van der Waals surface area contributed by atoms with E-state index in [9.17, 15) is 9.90 Å². The Morgan fingerprint density at radius 1 is 1.25 bits per heavy atom. The molecule has 0 aliphatic heterocycles. The summed E-state index contributed by atoms with van der Waals surface area (Å²) in [7, 11) is 3.26. The molecule has 112 valence electrons. The normalized spacial score (nSPS) is 10.6. The quantitative estimate of drug-likeness (QED) is 0.701. The predicted molar refractivity (Wildman–Crippen MR) is 78.5 cm³/mol. The maximum atomic E-state index is 11.2. The molecule has 20 heavy (non-hydrogen) atoms. The topological polar surface area (TPSA) is 85.0 Å². The number of carboxylic acid groups (broad SMARTS) is 1. The molecule has 0 aliphatic rings. The van der Waals surface area contributed by atoms with Gasteiger partial charge < -0.3 is 25.2 Å². The van der Waals surface area contributed by atoms with Crippen LogP contribution in [0.4, 0.5) is 11.4 Å². The maximum Gasteiger partial charge on any atom is 0.337 e. The number of nitrogens with zero attached hydrogens (tertiary/aromatic N) is 1. The van der Waals surface area contributed by atoms with Crippen molar-refractivity contribution in [1.82, 2.24) is 0 Å². The number of rotatable bonds is 8. The van der Waals surface area contributed by atoms with Gasteiger partial charge in [-0.25, -0.2) is 4.79 Å². The van der Waals surface area contributed by atoms with E-state index < -0.39 is 5.97 Å². The molecule has 3 N–H and O–H groups in total. The van der Waals surface area contributed by atoms with Gasteiger partial charge in [0.1, 0.15) is 0 Å². The number of nitrogens with two attached hydrogens (primary N) is 1. The van der Waals surface area contributed by atoms with Crippen LogP contribution in [0, 0.1) is 6.92 Å². The minimum absolute atomic E-state index is 0.125. The molecule has 1 aromatic carbocycles. The summed E-state index contributed by atoms with van der Waals surface area (Å²) in [6.07, 6.45) is 0. The fraction of sp³-hybridized carbons (Fsp3) is 0.500. The second-order valence-electron chi connectivity index (χ2n) is 4.50. The second-order valence-corrected chi connectivity index (χ2v) is 4.50. The Kier molecular flexibility index (Phi) is 6.27. The zero-order valence-electron chi connectivity index (χ0n) is 12.2. The van der Waals surface area contributed by atoms with Crippen molar-refractivity contribution in [3.8, 4) is 0 Å². The lowest BCUT2D eigenvalue weighted by atomic mass is 10.1. The number of hydrogen-bond acceptors (Lipinski definition) is 5. The first-order valence-corrected chi connectivity index (χ1v) is 6.37. The molecule has 0 saturated heterocycles. The van der Waals surface area contributed by atoms with E-state index in [0.717, 1.165) is 11.3 Å². The Balaban J connectivity index is 3.08. The first kappa shape index (κ1) is 16.3. The molecule has 0 saturated carbocycles. The number of aryl methyl sites for hydroxylation is 1. The summed E-state index contributed by atoms with van der Waals surface area (Å²) in [4.78, 5) is 13.2. The molecular formula is C14H22N2O4. The summed E-state index contributed by atoms with van der Waals surface area (Å²) in [5, 5.41) is 9.20. The summed E-state index contributed by atoms with van der Waals surface area (Å²) in [6.45, 7) is 4.21. The van der Waals surface area contributed by atoms with E-state index in [2.05, 4.69) is 0 Å². The average molecular weight is 282 g/mol. The van der Waals surface area contributed by atoms with Gasteiger partial charge in [-0.05, 0) is 24.6 Å². The molecule has 6 nitrogen and oxygen atoms in total. The number of benzene rings is 1. The standard InChI is InChI=1S/C14H22N2O4/c1-10-8-11(9-12(13(10)15)14(17)18)16(4-6-19-2)5-7-20-3/h8-9H,4-7,15H2,1-3H3,(H,17,18). The van der Waals surface area contributed by atoms with Crippen molar-refractivity contribution in [3.63, 3.8) is 0 Å². The lowest BCUT2D eigenvalue weighted by Gasteiger charge is -2.25. The highest BCUT2D eigenvalue weighted by atomic mass is 16.5. The van der Waals surface area contributed by atoms with Gasteiger partial charge in [-0.2, -0.15) is 0 Å². The Morgan fingerprint density at radius 2 is 1.80 bits per heavy atom. The van der Waals surface area contributed by atoms with E-state index in [0.29, 0.717) is 32.0 Å². The molecule has 1 aromatic rings. The van der Waals surface area contributed by atoms with Crippen molar-refractivity contribution in [2.75, 3.05) is 51.2 Å². The third-order valence-electron chi connectivity index (χ3n) is 3.10. The highest BCUT2D eigenvalue weighted by Gasteiger charge is 2.15. The first-order chi connectivity index (χ1) is 9.51. The number of carboxylic acids is 1. The molecule has 0 heterocycles. The Labute approximate surface area is 119 Å².